The standard InChI is InChI=1S/C13H15N3O2S/c1-2-7-14-16-12(17)8-11-13(18)15-9-5-3-4-6-10(9)19-11/h3-7,11H,2,8H2,1H3,(H,15,18)(H,16,17)/b14-7-/t11-/m1/s1. The van der Waals surface area contributed by atoms with E-state index in [0.29, 0.717) is 0 Å². The number of thioether (sulfide) groups is 1. The van der Waals surface area contributed by atoms with Crippen LogP contribution in [0.4, 0.5) is 5.69 Å². The molecule has 0 spiro atoms. The van der Waals surface area contributed by atoms with E-state index in [1.807, 2.05) is 31.2 Å². The number of hydrogen-bond donors (Lipinski definition) is 2. The lowest BCUT2D eigenvalue weighted by molar-refractivity contribution is -0.124. The zero-order valence-corrected chi connectivity index (χ0v) is 11.4. The molecule has 1 aromatic carbocycles. The highest BCUT2D eigenvalue weighted by Gasteiger charge is 2.28. The average molecular weight is 277 g/mol. The molecule has 6 heteroatoms. The third kappa shape index (κ3) is 3.57. The van der Waals surface area contributed by atoms with Gasteiger partial charge in [0.2, 0.25) is 11.8 Å². The maximum absolute atomic E-state index is 11.9. The van der Waals surface area contributed by atoms with Crippen LogP contribution in [0.5, 0.6) is 0 Å². The van der Waals surface area contributed by atoms with Crippen molar-refractivity contribution in [2.45, 2.75) is 29.9 Å². The van der Waals surface area contributed by atoms with Crippen molar-refractivity contribution in [2.24, 2.45) is 5.10 Å². The van der Waals surface area contributed by atoms with Crippen LogP contribution in [0.2, 0.25) is 0 Å². The predicted octanol–water partition coefficient (Wildman–Crippen LogP) is 2.00. The summed E-state index contributed by atoms with van der Waals surface area (Å²) in [5.41, 5.74) is 3.22. The lowest BCUT2D eigenvalue weighted by Gasteiger charge is -2.23. The molecular formula is C13H15N3O2S. The van der Waals surface area contributed by atoms with Crippen LogP contribution in [0.3, 0.4) is 0 Å². The van der Waals surface area contributed by atoms with Gasteiger partial charge in [0.25, 0.3) is 0 Å². The highest BCUT2D eigenvalue weighted by Crippen LogP contribution is 2.36. The van der Waals surface area contributed by atoms with Gasteiger partial charge >= 0.3 is 0 Å². The molecule has 100 valence electrons. The first-order valence-electron chi connectivity index (χ1n) is 6.07. The number of anilines is 1. The second-order valence-electron chi connectivity index (χ2n) is 4.05. The first kappa shape index (κ1) is 13.6. The molecule has 1 atom stereocenters. The summed E-state index contributed by atoms with van der Waals surface area (Å²) in [5.74, 6) is -0.393. The number of carbonyl (C=O) groups is 2. The van der Waals surface area contributed by atoms with Crippen molar-refractivity contribution in [3.05, 3.63) is 24.3 Å². The van der Waals surface area contributed by atoms with Crippen molar-refractivity contribution in [3.63, 3.8) is 0 Å². The van der Waals surface area contributed by atoms with E-state index in [-0.39, 0.29) is 18.2 Å². The van der Waals surface area contributed by atoms with Crippen molar-refractivity contribution in [1.29, 1.82) is 0 Å². The van der Waals surface area contributed by atoms with Gasteiger partial charge in [0.15, 0.2) is 0 Å². The van der Waals surface area contributed by atoms with Gasteiger partial charge in [-0.25, -0.2) is 5.43 Å². The number of rotatable bonds is 4. The molecule has 0 saturated heterocycles. The zero-order valence-electron chi connectivity index (χ0n) is 10.6. The number of nitrogens with one attached hydrogen (secondary N) is 2. The van der Waals surface area contributed by atoms with E-state index in [0.717, 1.165) is 17.0 Å². The summed E-state index contributed by atoms with van der Waals surface area (Å²) in [6, 6.07) is 7.56. The van der Waals surface area contributed by atoms with Gasteiger partial charge in [-0.05, 0) is 18.6 Å². The van der Waals surface area contributed by atoms with Gasteiger partial charge in [-0.2, -0.15) is 5.10 Å². The molecule has 0 radical (unpaired) electrons. The van der Waals surface area contributed by atoms with Crippen molar-refractivity contribution in [1.82, 2.24) is 5.43 Å². The van der Waals surface area contributed by atoms with Crippen LogP contribution in [0.25, 0.3) is 0 Å². The molecule has 0 unspecified atom stereocenters. The number of carbonyl (C=O) groups excluding carboxylic acids is 2. The van der Waals surface area contributed by atoms with Crippen LogP contribution in [0.15, 0.2) is 34.3 Å². The summed E-state index contributed by atoms with van der Waals surface area (Å²) in [4.78, 5) is 24.5. The largest absolute Gasteiger partial charge is 0.324 e. The first-order chi connectivity index (χ1) is 9.20. The van der Waals surface area contributed by atoms with Crippen LogP contribution >= 0.6 is 11.8 Å². The number of hydrogen-bond acceptors (Lipinski definition) is 4. The molecule has 1 aliphatic heterocycles. The Kier molecular flexibility index (Phi) is 4.57. The quantitative estimate of drug-likeness (QED) is 0.653. The van der Waals surface area contributed by atoms with Crippen molar-refractivity contribution >= 4 is 35.5 Å². The Morgan fingerprint density at radius 2 is 2.32 bits per heavy atom. The van der Waals surface area contributed by atoms with Gasteiger partial charge in [0, 0.05) is 17.5 Å². The maximum atomic E-state index is 11.9. The topological polar surface area (TPSA) is 70.6 Å². The molecular weight excluding hydrogens is 262 g/mol. The average Bonchev–Trinajstić information content (AvgIpc) is 2.40. The molecule has 0 aromatic heterocycles. The molecule has 2 rings (SSSR count). The van der Waals surface area contributed by atoms with Crippen LogP contribution in [0, 0.1) is 0 Å². The Morgan fingerprint density at radius 3 is 3.11 bits per heavy atom. The normalized spacial score (nSPS) is 17.9. The van der Waals surface area contributed by atoms with Gasteiger partial charge in [-0.1, -0.05) is 19.1 Å². The molecule has 1 aromatic rings. The minimum absolute atomic E-state index is 0.117. The van der Waals surface area contributed by atoms with Gasteiger partial charge in [0.1, 0.15) is 0 Å². The smallest absolute Gasteiger partial charge is 0.241 e. The minimum atomic E-state index is -0.410. The van der Waals surface area contributed by atoms with Crippen LogP contribution in [0.1, 0.15) is 19.8 Å². The van der Waals surface area contributed by atoms with Crippen molar-refractivity contribution in [3.8, 4) is 0 Å². The van der Waals surface area contributed by atoms with E-state index in [4.69, 9.17) is 0 Å². The number of fused-ring (bicyclic) bond motifs is 1. The summed E-state index contributed by atoms with van der Waals surface area (Å²) < 4.78 is 0. The number of nitrogens with zero attached hydrogens (tertiary/aromatic N) is 1. The number of amides is 2. The lowest BCUT2D eigenvalue weighted by Crippen LogP contribution is -2.33. The second kappa shape index (κ2) is 6.38. The zero-order chi connectivity index (χ0) is 13.7. The third-order valence-corrected chi connectivity index (χ3v) is 3.82. The Bertz CT molecular complexity index is 516. The minimum Gasteiger partial charge on any atom is -0.324 e. The Hall–Kier alpha value is -1.82. The molecule has 2 amide bonds. The summed E-state index contributed by atoms with van der Waals surface area (Å²) >= 11 is 1.41. The Balaban J connectivity index is 1.97. The fraction of sp³-hybridized carbons (Fsp3) is 0.308. The third-order valence-electron chi connectivity index (χ3n) is 2.54. The maximum Gasteiger partial charge on any atom is 0.241 e. The van der Waals surface area contributed by atoms with E-state index >= 15 is 0 Å². The fourth-order valence-electron chi connectivity index (χ4n) is 1.65. The van der Waals surface area contributed by atoms with Crippen molar-refractivity contribution in [2.75, 3.05) is 5.32 Å². The molecule has 0 saturated carbocycles. The van der Waals surface area contributed by atoms with Gasteiger partial charge in [0.05, 0.1) is 10.9 Å². The van der Waals surface area contributed by atoms with Gasteiger partial charge < -0.3 is 5.32 Å². The molecule has 0 bridgehead atoms. The molecule has 19 heavy (non-hydrogen) atoms. The highest BCUT2D eigenvalue weighted by atomic mass is 32.2. The van der Waals surface area contributed by atoms with E-state index in [1.54, 1.807) is 6.21 Å². The molecule has 0 fully saturated rings. The number of hydrazone groups is 1. The fourth-order valence-corrected chi connectivity index (χ4v) is 2.76. The Labute approximate surface area is 115 Å². The van der Waals surface area contributed by atoms with Crippen LogP contribution < -0.4 is 10.7 Å². The van der Waals surface area contributed by atoms with E-state index in [2.05, 4.69) is 15.8 Å². The molecule has 2 N–H and O–H groups in total. The molecule has 5 nitrogen and oxygen atoms in total. The van der Waals surface area contributed by atoms with Gasteiger partial charge in [-0.3, -0.25) is 9.59 Å². The number of para-hydroxylation sites is 1. The monoisotopic (exact) mass is 277 g/mol. The Morgan fingerprint density at radius 1 is 1.53 bits per heavy atom. The van der Waals surface area contributed by atoms with E-state index in [9.17, 15) is 9.59 Å². The van der Waals surface area contributed by atoms with Crippen molar-refractivity contribution < 1.29 is 9.59 Å². The summed E-state index contributed by atoms with van der Waals surface area (Å²) in [6.07, 6.45) is 2.49. The molecule has 1 heterocycles. The van der Waals surface area contributed by atoms with E-state index in [1.165, 1.54) is 11.8 Å². The molecule has 1 aliphatic rings. The summed E-state index contributed by atoms with van der Waals surface area (Å²) in [7, 11) is 0. The number of benzene rings is 1. The highest BCUT2D eigenvalue weighted by molar-refractivity contribution is 8.01. The van der Waals surface area contributed by atoms with E-state index < -0.39 is 5.25 Å². The van der Waals surface area contributed by atoms with Crippen LogP contribution in [-0.2, 0) is 9.59 Å². The van der Waals surface area contributed by atoms with Crippen LogP contribution in [-0.4, -0.2) is 23.3 Å². The SMILES string of the molecule is CC/C=N\NC(=O)C[C@H]1Sc2ccccc2NC1=O. The summed E-state index contributed by atoms with van der Waals surface area (Å²) in [5, 5.41) is 6.15. The predicted molar refractivity (Wildman–Crippen MR) is 76.3 cm³/mol. The lowest BCUT2D eigenvalue weighted by atomic mass is 10.2. The van der Waals surface area contributed by atoms with Gasteiger partial charge in [-0.15, -0.1) is 11.8 Å². The summed E-state index contributed by atoms with van der Waals surface area (Å²) in [6.45, 7) is 1.93. The second-order valence-corrected chi connectivity index (χ2v) is 5.30. The first-order valence-corrected chi connectivity index (χ1v) is 6.95. The molecule has 0 aliphatic carbocycles.